The number of ether oxygens (including phenoxy) is 1. The average molecular weight is 407 g/mol. The number of hydrazone groups is 1. The van der Waals surface area contributed by atoms with E-state index < -0.39 is 22.3 Å². The van der Waals surface area contributed by atoms with Crippen molar-refractivity contribution >= 4 is 17.8 Å². The van der Waals surface area contributed by atoms with Gasteiger partial charge in [0.2, 0.25) is 5.75 Å². The van der Waals surface area contributed by atoms with Crippen LogP contribution in [0.2, 0.25) is 0 Å². The molecule has 3 aromatic rings. The molecule has 3 aromatic carbocycles. The van der Waals surface area contributed by atoms with Crippen molar-refractivity contribution in [2.24, 2.45) is 5.10 Å². The van der Waals surface area contributed by atoms with Crippen LogP contribution in [-0.2, 0) is 6.61 Å². The van der Waals surface area contributed by atoms with Gasteiger partial charge < -0.3 is 14.9 Å². The quantitative estimate of drug-likeness (QED) is 0.312. The molecule has 0 unspecified atom stereocenters. The van der Waals surface area contributed by atoms with Gasteiger partial charge in [-0.1, -0.05) is 42.5 Å². The topological polar surface area (TPSA) is 134 Å². The molecule has 0 aliphatic rings. The number of benzene rings is 3. The molecule has 152 valence electrons. The number of amides is 1. The van der Waals surface area contributed by atoms with Crippen molar-refractivity contribution in [2.75, 3.05) is 0 Å². The standard InChI is InChI=1S/C21H17N3O6/c25-18-10-16(11-19(26)20(18)30-13-14-5-2-1-3-6-14)21(27)23-22-12-15-7-4-8-17(9-15)24(28)29/h1-12,25-26H,13H2,(H,23,27)/b22-12+. The zero-order valence-electron chi connectivity index (χ0n) is 15.6. The molecular formula is C21H17N3O6. The van der Waals surface area contributed by atoms with Crippen LogP contribution in [0.3, 0.4) is 0 Å². The Morgan fingerprint density at radius 1 is 1.07 bits per heavy atom. The fourth-order valence-electron chi connectivity index (χ4n) is 2.56. The van der Waals surface area contributed by atoms with Gasteiger partial charge in [-0.25, -0.2) is 5.43 Å². The van der Waals surface area contributed by atoms with E-state index in [-0.39, 0.29) is 23.6 Å². The monoisotopic (exact) mass is 407 g/mol. The van der Waals surface area contributed by atoms with Gasteiger partial charge in [-0.2, -0.15) is 5.10 Å². The van der Waals surface area contributed by atoms with Crippen molar-refractivity contribution in [2.45, 2.75) is 6.61 Å². The van der Waals surface area contributed by atoms with Crippen molar-refractivity contribution in [3.8, 4) is 17.2 Å². The Balaban J connectivity index is 1.66. The van der Waals surface area contributed by atoms with E-state index in [4.69, 9.17) is 4.74 Å². The fraction of sp³-hybridized carbons (Fsp3) is 0.0476. The Hall–Kier alpha value is -4.40. The number of hydrogen-bond acceptors (Lipinski definition) is 7. The van der Waals surface area contributed by atoms with Crippen LogP contribution < -0.4 is 10.2 Å². The first-order valence-corrected chi connectivity index (χ1v) is 8.74. The van der Waals surface area contributed by atoms with Crippen LogP contribution in [-0.4, -0.2) is 27.3 Å². The number of nitro benzene ring substituents is 1. The van der Waals surface area contributed by atoms with Gasteiger partial charge in [0.05, 0.1) is 11.1 Å². The van der Waals surface area contributed by atoms with Crippen LogP contribution in [0, 0.1) is 10.1 Å². The molecule has 0 saturated heterocycles. The predicted octanol–water partition coefficient (Wildman–Crippen LogP) is 3.35. The lowest BCUT2D eigenvalue weighted by Crippen LogP contribution is -2.17. The highest BCUT2D eigenvalue weighted by Crippen LogP contribution is 2.37. The van der Waals surface area contributed by atoms with E-state index in [1.165, 1.54) is 24.4 Å². The second-order valence-electron chi connectivity index (χ2n) is 6.17. The summed E-state index contributed by atoms with van der Waals surface area (Å²) in [5, 5.41) is 34.7. The summed E-state index contributed by atoms with van der Waals surface area (Å²) in [4.78, 5) is 22.4. The molecular weight excluding hydrogens is 390 g/mol. The number of non-ortho nitro benzene ring substituents is 1. The van der Waals surface area contributed by atoms with Gasteiger partial charge in [-0.05, 0) is 17.7 Å². The molecule has 0 bridgehead atoms. The number of hydrogen-bond donors (Lipinski definition) is 3. The lowest BCUT2D eigenvalue weighted by Gasteiger charge is -2.11. The highest BCUT2D eigenvalue weighted by Gasteiger charge is 2.15. The van der Waals surface area contributed by atoms with Gasteiger partial charge >= 0.3 is 0 Å². The van der Waals surface area contributed by atoms with Gasteiger partial charge in [-0.3, -0.25) is 14.9 Å². The Labute approximate surface area is 171 Å². The first-order valence-electron chi connectivity index (χ1n) is 8.74. The summed E-state index contributed by atoms with van der Waals surface area (Å²) in [5.74, 6) is -1.65. The maximum Gasteiger partial charge on any atom is 0.271 e. The molecule has 1 amide bonds. The molecule has 3 N–H and O–H groups in total. The van der Waals surface area contributed by atoms with Gasteiger partial charge in [0.15, 0.2) is 11.5 Å². The van der Waals surface area contributed by atoms with Crippen LogP contribution in [0.5, 0.6) is 17.2 Å². The third-order valence-corrected chi connectivity index (χ3v) is 4.00. The molecule has 0 aromatic heterocycles. The summed E-state index contributed by atoms with van der Waals surface area (Å²) < 4.78 is 5.44. The third kappa shape index (κ3) is 5.10. The minimum absolute atomic E-state index is 0.0479. The van der Waals surface area contributed by atoms with E-state index in [1.54, 1.807) is 6.07 Å². The summed E-state index contributed by atoms with van der Waals surface area (Å²) in [6, 6.07) is 17.2. The van der Waals surface area contributed by atoms with E-state index >= 15 is 0 Å². The lowest BCUT2D eigenvalue weighted by atomic mass is 10.1. The Morgan fingerprint density at radius 3 is 2.43 bits per heavy atom. The molecule has 3 rings (SSSR count). The molecule has 0 saturated carbocycles. The molecule has 0 radical (unpaired) electrons. The van der Waals surface area contributed by atoms with E-state index in [9.17, 15) is 25.1 Å². The number of phenols is 2. The molecule has 9 nitrogen and oxygen atoms in total. The van der Waals surface area contributed by atoms with Gasteiger partial charge in [0.25, 0.3) is 11.6 Å². The lowest BCUT2D eigenvalue weighted by molar-refractivity contribution is -0.384. The molecule has 0 spiro atoms. The summed E-state index contributed by atoms with van der Waals surface area (Å²) in [6.45, 7) is 0.126. The normalized spacial score (nSPS) is 10.7. The first kappa shape index (κ1) is 20.3. The van der Waals surface area contributed by atoms with E-state index in [0.717, 1.165) is 17.7 Å². The number of nitro groups is 1. The van der Waals surface area contributed by atoms with Gasteiger partial charge in [0.1, 0.15) is 6.61 Å². The van der Waals surface area contributed by atoms with Crippen LogP contribution in [0.4, 0.5) is 5.69 Å². The first-order chi connectivity index (χ1) is 14.4. The summed E-state index contributed by atoms with van der Waals surface area (Å²) in [7, 11) is 0. The maximum absolute atomic E-state index is 12.2. The van der Waals surface area contributed by atoms with Crippen LogP contribution in [0.25, 0.3) is 0 Å². The number of carbonyl (C=O) groups excluding carboxylic acids is 1. The van der Waals surface area contributed by atoms with Crippen molar-refractivity contribution in [3.05, 3.63) is 93.5 Å². The molecule has 0 atom stereocenters. The number of nitrogens with zero attached hydrogens (tertiary/aromatic N) is 2. The van der Waals surface area contributed by atoms with Crippen LogP contribution >= 0.6 is 0 Å². The molecule has 0 aliphatic heterocycles. The molecule has 30 heavy (non-hydrogen) atoms. The van der Waals surface area contributed by atoms with E-state index in [1.807, 2.05) is 30.3 Å². The van der Waals surface area contributed by atoms with Crippen molar-refractivity contribution in [1.82, 2.24) is 5.43 Å². The number of phenolic OH excluding ortho intramolecular Hbond substituents is 2. The highest BCUT2D eigenvalue weighted by atomic mass is 16.6. The fourth-order valence-corrected chi connectivity index (χ4v) is 2.56. The van der Waals surface area contributed by atoms with Crippen molar-refractivity contribution < 1.29 is 24.7 Å². The van der Waals surface area contributed by atoms with E-state index in [2.05, 4.69) is 10.5 Å². The largest absolute Gasteiger partial charge is 0.504 e. The maximum atomic E-state index is 12.2. The summed E-state index contributed by atoms with van der Waals surface area (Å²) in [5.41, 5.74) is 3.33. The molecule has 0 fully saturated rings. The van der Waals surface area contributed by atoms with Crippen LogP contribution in [0.15, 0.2) is 71.8 Å². The number of rotatable bonds is 7. The number of nitrogens with one attached hydrogen (secondary N) is 1. The minimum Gasteiger partial charge on any atom is -0.504 e. The molecule has 0 heterocycles. The van der Waals surface area contributed by atoms with Gasteiger partial charge in [0, 0.05) is 23.3 Å². The third-order valence-electron chi connectivity index (χ3n) is 4.00. The van der Waals surface area contributed by atoms with Crippen LogP contribution in [0.1, 0.15) is 21.5 Å². The van der Waals surface area contributed by atoms with E-state index in [0.29, 0.717) is 5.56 Å². The van der Waals surface area contributed by atoms with Crippen molar-refractivity contribution in [1.29, 1.82) is 0 Å². The average Bonchev–Trinajstić information content (AvgIpc) is 2.74. The predicted molar refractivity (Wildman–Crippen MR) is 109 cm³/mol. The zero-order chi connectivity index (χ0) is 21.5. The Bertz CT molecular complexity index is 1080. The smallest absolute Gasteiger partial charge is 0.271 e. The molecule has 9 heteroatoms. The second-order valence-corrected chi connectivity index (χ2v) is 6.17. The zero-order valence-corrected chi connectivity index (χ0v) is 15.6. The minimum atomic E-state index is -0.697. The van der Waals surface area contributed by atoms with Crippen molar-refractivity contribution in [3.63, 3.8) is 0 Å². The Morgan fingerprint density at radius 2 is 1.77 bits per heavy atom. The highest BCUT2D eigenvalue weighted by molar-refractivity contribution is 5.96. The summed E-state index contributed by atoms with van der Waals surface area (Å²) >= 11 is 0. The second kappa shape index (κ2) is 9.20. The summed E-state index contributed by atoms with van der Waals surface area (Å²) in [6.07, 6.45) is 1.24. The SMILES string of the molecule is O=C(N/N=C/c1cccc([N+](=O)[O-])c1)c1cc(O)c(OCc2ccccc2)c(O)c1. The number of aromatic hydroxyl groups is 2. The number of carbonyl (C=O) groups is 1. The molecule has 0 aliphatic carbocycles. The van der Waals surface area contributed by atoms with Gasteiger partial charge in [-0.15, -0.1) is 0 Å². The Kier molecular flexibility index (Phi) is 6.23.